The molecule has 6 nitrogen and oxygen atoms in total. The first-order valence-electron chi connectivity index (χ1n) is 12.7. The Bertz CT molecular complexity index is 1100. The van der Waals surface area contributed by atoms with Crippen molar-refractivity contribution in [2.24, 2.45) is 0 Å². The molecule has 0 saturated carbocycles. The van der Waals surface area contributed by atoms with Crippen molar-refractivity contribution < 1.29 is 14.6 Å². The molecule has 0 bridgehead atoms. The highest BCUT2D eigenvalue weighted by Crippen LogP contribution is 2.27. The van der Waals surface area contributed by atoms with Gasteiger partial charge in [-0.2, -0.15) is 0 Å². The lowest BCUT2D eigenvalue weighted by molar-refractivity contribution is -0.0170. The highest BCUT2D eigenvalue weighted by atomic mass is 16.5. The molecule has 0 aliphatic carbocycles. The fraction of sp³-hybridized carbons (Fsp3) is 0.483. The summed E-state index contributed by atoms with van der Waals surface area (Å²) < 4.78 is 14.2. The van der Waals surface area contributed by atoms with Gasteiger partial charge in [0.05, 0.1) is 12.2 Å². The number of nitrogens with zero attached hydrogens (tertiary/aromatic N) is 3. The van der Waals surface area contributed by atoms with E-state index in [-0.39, 0.29) is 0 Å². The van der Waals surface area contributed by atoms with E-state index in [1.54, 1.807) is 0 Å². The quantitative estimate of drug-likeness (QED) is 0.413. The van der Waals surface area contributed by atoms with E-state index in [0.717, 1.165) is 68.3 Å². The summed E-state index contributed by atoms with van der Waals surface area (Å²) in [5, 5.41) is 11.2. The van der Waals surface area contributed by atoms with Crippen LogP contribution in [0.1, 0.15) is 48.2 Å². The molecule has 3 aromatic rings. The first-order chi connectivity index (χ1) is 16.9. The van der Waals surface area contributed by atoms with E-state index in [0.29, 0.717) is 19.6 Å². The molecule has 1 saturated heterocycles. The number of likely N-dealkylation sites (tertiary alicyclic amines) is 1. The number of aryl methyl sites for hydroxylation is 4. The molecular formula is C29H39N3O3. The lowest BCUT2D eigenvalue weighted by Crippen LogP contribution is -2.37. The summed E-state index contributed by atoms with van der Waals surface area (Å²) in [6.45, 7) is 10.8. The van der Waals surface area contributed by atoms with Crippen molar-refractivity contribution in [3.8, 4) is 11.5 Å². The maximum Gasteiger partial charge on any atom is 0.122 e. The number of imidazole rings is 1. The Morgan fingerprint density at radius 2 is 1.91 bits per heavy atom. The maximum absolute atomic E-state index is 11.2. The summed E-state index contributed by atoms with van der Waals surface area (Å²) in [5.74, 6) is 2.81. The summed E-state index contributed by atoms with van der Waals surface area (Å²) in [4.78, 5) is 6.69. The number of hydrogen-bond acceptors (Lipinski definition) is 5. The van der Waals surface area contributed by atoms with E-state index in [4.69, 9.17) is 9.47 Å². The SMILES string of the molecule is Cc1ccc(OC[C@@]2(O)CCCN(Cc3cccc(OCCCn4ccnc4C)c3)CC2)c(C)c1. The molecule has 6 heteroatoms. The molecule has 188 valence electrons. The number of benzene rings is 2. The van der Waals surface area contributed by atoms with E-state index >= 15 is 0 Å². The third-order valence-corrected chi connectivity index (χ3v) is 6.88. The van der Waals surface area contributed by atoms with E-state index in [2.05, 4.69) is 58.6 Å². The van der Waals surface area contributed by atoms with Gasteiger partial charge in [0.25, 0.3) is 0 Å². The van der Waals surface area contributed by atoms with Gasteiger partial charge in [0.1, 0.15) is 23.9 Å². The van der Waals surface area contributed by atoms with Gasteiger partial charge in [-0.1, -0.05) is 29.8 Å². The van der Waals surface area contributed by atoms with Crippen LogP contribution < -0.4 is 9.47 Å². The molecule has 1 aromatic heterocycles. The minimum Gasteiger partial charge on any atom is -0.494 e. The molecule has 4 rings (SSSR count). The maximum atomic E-state index is 11.2. The van der Waals surface area contributed by atoms with Crippen LogP contribution in [0.15, 0.2) is 54.9 Å². The summed E-state index contributed by atoms with van der Waals surface area (Å²) in [6, 6.07) is 14.6. The van der Waals surface area contributed by atoms with Gasteiger partial charge in [-0.05, 0) is 82.3 Å². The molecule has 0 radical (unpaired) electrons. The Kier molecular flexibility index (Phi) is 8.47. The van der Waals surface area contributed by atoms with Crippen LogP contribution in [0.2, 0.25) is 0 Å². The molecule has 1 N–H and O–H groups in total. The largest absolute Gasteiger partial charge is 0.494 e. The lowest BCUT2D eigenvalue weighted by Gasteiger charge is -2.27. The number of aliphatic hydroxyl groups is 1. The second kappa shape index (κ2) is 11.7. The Balaban J connectivity index is 1.24. The van der Waals surface area contributed by atoms with Crippen molar-refractivity contribution in [1.82, 2.24) is 14.5 Å². The smallest absolute Gasteiger partial charge is 0.122 e. The first kappa shape index (κ1) is 25.3. The predicted octanol–water partition coefficient (Wildman–Crippen LogP) is 5.07. The van der Waals surface area contributed by atoms with E-state index < -0.39 is 5.60 Å². The van der Waals surface area contributed by atoms with E-state index in [1.165, 1.54) is 11.1 Å². The van der Waals surface area contributed by atoms with Crippen LogP contribution in [-0.4, -0.2) is 51.5 Å². The van der Waals surface area contributed by atoms with Crippen molar-refractivity contribution in [1.29, 1.82) is 0 Å². The fourth-order valence-electron chi connectivity index (χ4n) is 4.77. The van der Waals surface area contributed by atoms with Crippen LogP contribution in [-0.2, 0) is 13.1 Å². The van der Waals surface area contributed by atoms with Crippen LogP contribution in [0.3, 0.4) is 0 Å². The number of ether oxygens (including phenoxy) is 2. The average molecular weight is 478 g/mol. The molecule has 0 amide bonds. The zero-order chi connectivity index (χ0) is 24.7. The molecule has 0 unspecified atom stereocenters. The summed E-state index contributed by atoms with van der Waals surface area (Å²) >= 11 is 0. The van der Waals surface area contributed by atoms with Crippen molar-refractivity contribution in [2.45, 2.75) is 65.1 Å². The minimum atomic E-state index is -0.787. The summed E-state index contributed by atoms with van der Waals surface area (Å²) in [7, 11) is 0. The van der Waals surface area contributed by atoms with Crippen molar-refractivity contribution in [2.75, 3.05) is 26.3 Å². The molecule has 35 heavy (non-hydrogen) atoms. The van der Waals surface area contributed by atoms with Crippen LogP contribution >= 0.6 is 0 Å². The van der Waals surface area contributed by atoms with Gasteiger partial charge in [-0.15, -0.1) is 0 Å². The van der Waals surface area contributed by atoms with Crippen LogP contribution in [0.4, 0.5) is 0 Å². The Labute approximate surface area is 209 Å². The third kappa shape index (κ3) is 7.33. The fourth-order valence-corrected chi connectivity index (χ4v) is 4.77. The van der Waals surface area contributed by atoms with E-state index in [9.17, 15) is 5.11 Å². The highest BCUT2D eigenvalue weighted by Gasteiger charge is 2.31. The Hall–Kier alpha value is -2.83. The number of hydrogen-bond donors (Lipinski definition) is 1. The molecule has 2 heterocycles. The van der Waals surface area contributed by atoms with Gasteiger partial charge in [0.2, 0.25) is 0 Å². The van der Waals surface area contributed by atoms with Gasteiger partial charge in [-0.25, -0.2) is 4.98 Å². The van der Waals surface area contributed by atoms with Crippen LogP contribution in [0, 0.1) is 20.8 Å². The van der Waals surface area contributed by atoms with Gasteiger partial charge >= 0.3 is 0 Å². The number of aromatic nitrogens is 2. The molecule has 1 fully saturated rings. The van der Waals surface area contributed by atoms with Gasteiger partial charge in [0.15, 0.2) is 0 Å². The van der Waals surface area contributed by atoms with Crippen molar-refractivity contribution in [3.05, 3.63) is 77.4 Å². The van der Waals surface area contributed by atoms with Crippen molar-refractivity contribution >= 4 is 0 Å². The van der Waals surface area contributed by atoms with Crippen molar-refractivity contribution in [3.63, 3.8) is 0 Å². The van der Waals surface area contributed by atoms with Gasteiger partial charge in [0, 0.05) is 32.0 Å². The molecular weight excluding hydrogens is 438 g/mol. The molecule has 0 spiro atoms. The first-order valence-corrected chi connectivity index (χ1v) is 12.7. The summed E-state index contributed by atoms with van der Waals surface area (Å²) in [6.07, 6.45) is 7.21. The molecule has 1 aliphatic heterocycles. The third-order valence-electron chi connectivity index (χ3n) is 6.88. The highest BCUT2D eigenvalue weighted by molar-refractivity contribution is 5.35. The topological polar surface area (TPSA) is 59.8 Å². The second-order valence-corrected chi connectivity index (χ2v) is 9.93. The minimum absolute atomic E-state index is 0.340. The monoisotopic (exact) mass is 477 g/mol. The normalized spacial score (nSPS) is 18.9. The van der Waals surface area contributed by atoms with Gasteiger partial charge in [-0.3, -0.25) is 4.90 Å². The van der Waals surface area contributed by atoms with Crippen LogP contribution in [0.5, 0.6) is 11.5 Å². The molecule has 2 aromatic carbocycles. The summed E-state index contributed by atoms with van der Waals surface area (Å²) in [5.41, 5.74) is 2.79. The standard InChI is InChI=1S/C29H39N3O3/c1-23-9-10-28(24(2)19-23)35-22-29(33)11-5-14-31(16-12-29)21-26-7-4-8-27(20-26)34-18-6-15-32-17-13-30-25(32)3/h4,7-10,13,17,19-20,33H,5-6,11-12,14-16,18,21-22H2,1-3H3/t29-/m1/s1. The number of rotatable bonds is 10. The predicted molar refractivity (Wildman–Crippen MR) is 139 cm³/mol. The van der Waals surface area contributed by atoms with Crippen LogP contribution in [0.25, 0.3) is 0 Å². The molecule has 1 aliphatic rings. The second-order valence-electron chi connectivity index (χ2n) is 9.93. The zero-order valence-corrected chi connectivity index (χ0v) is 21.4. The van der Waals surface area contributed by atoms with Gasteiger partial charge < -0.3 is 19.1 Å². The Morgan fingerprint density at radius 3 is 2.71 bits per heavy atom. The van der Waals surface area contributed by atoms with E-state index in [1.807, 2.05) is 31.5 Å². The molecule has 1 atom stereocenters. The lowest BCUT2D eigenvalue weighted by atomic mass is 9.96. The Morgan fingerprint density at radius 1 is 1.03 bits per heavy atom. The average Bonchev–Trinajstić information content (AvgIpc) is 3.15. The zero-order valence-electron chi connectivity index (χ0n) is 21.4.